The van der Waals surface area contributed by atoms with Gasteiger partial charge < -0.3 is 9.52 Å². The summed E-state index contributed by atoms with van der Waals surface area (Å²) in [5.74, 6) is 1.79. The van der Waals surface area contributed by atoms with E-state index >= 15 is 0 Å². The lowest BCUT2D eigenvalue weighted by Crippen LogP contribution is -2.09. The van der Waals surface area contributed by atoms with Crippen molar-refractivity contribution in [2.45, 2.75) is 39.0 Å². The Hall–Kier alpha value is -1.25. The fraction of sp³-hybridized carbons (Fsp3) is 0.583. The van der Waals surface area contributed by atoms with E-state index in [1.165, 1.54) is 0 Å². The van der Waals surface area contributed by atoms with Gasteiger partial charge in [0.1, 0.15) is 11.5 Å². The van der Waals surface area contributed by atoms with E-state index in [2.05, 4.69) is 6.92 Å². The van der Waals surface area contributed by atoms with Crippen LogP contribution < -0.4 is 0 Å². The molecule has 0 saturated carbocycles. The molecule has 1 aromatic rings. The minimum atomic E-state index is -0.723. The molecule has 82 valence electrons. The average Bonchev–Trinajstić information content (AvgIpc) is 2.66. The minimum absolute atomic E-state index is 0.140. The van der Waals surface area contributed by atoms with E-state index in [1.54, 1.807) is 0 Å². The van der Waals surface area contributed by atoms with Crippen LogP contribution in [0.1, 0.15) is 43.3 Å². The molecule has 1 aliphatic rings. The largest absolute Gasteiger partial charge is 0.481 e. The Morgan fingerprint density at radius 3 is 3.00 bits per heavy atom. The SMILES string of the molecule is CCc1cc2c(o1)CC(C)C2CC(=O)O. The topological polar surface area (TPSA) is 50.4 Å². The van der Waals surface area contributed by atoms with Crippen LogP contribution in [-0.4, -0.2) is 11.1 Å². The quantitative estimate of drug-likeness (QED) is 0.830. The summed E-state index contributed by atoms with van der Waals surface area (Å²) in [5.41, 5.74) is 1.13. The first-order valence-electron chi connectivity index (χ1n) is 5.45. The molecule has 0 amide bonds. The molecule has 0 saturated heterocycles. The molecule has 1 heterocycles. The second kappa shape index (κ2) is 3.72. The molecule has 0 spiro atoms. The second-order valence-corrected chi connectivity index (χ2v) is 4.33. The summed E-state index contributed by atoms with van der Waals surface area (Å²) in [4.78, 5) is 10.8. The Balaban J connectivity index is 2.26. The van der Waals surface area contributed by atoms with Crippen molar-refractivity contribution < 1.29 is 14.3 Å². The van der Waals surface area contributed by atoms with Gasteiger partial charge in [-0.1, -0.05) is 13.8 Å². The third-order valence-electron chi connectivity index (χ3n) is 3.23. The fourth-order valence-electron chi connectivity index (χ4n) is 2.39. The number of fused-ring (bicyclic) bond motifs is 1. The number of rotatable bonds is 3. The van der Waals surface area contributed by atoms with E-state index in [0.717, 1.165) is 29.9 Å². The molecule has 0 radical (unpaired) electrons. The second-order valence-electron chi connectivity index (χ2n) is 4.33. The molecule has 1 aliphatic carbocycles. The molecule has 1 aromatic heterocycles. The lowest BCUT2D eigenvalue weighted by atomic mass is 9.91. The average molecular weight is 208 g/mol. The summed E-state index contributed by atoms with van der Waals surface area (Å²) in [6.07, 6.45) is 1.98. The minimum Gasteiger partial charge on any atom is -0.481 e. The lowest BCUT2D eigenvalue weighted by Gasteiger charge is -2.12. The molecule has 0 bridgehead atoms. The standard InChI is InChI=1S/C12H16O3/c1-3-8-5-10-9(6-12(13)14)7(2)4-11(10)15-8/h5,7,9H,3-4,6H2,1-2H3,(H,13,14). The van der Waals surface area contributed by atoms with Crippen molar-refractivity contribution in [1.82, 2.24) is 0 Å². The number of hydrogen-bond acceptors (Lipinski definition) is 2. The van der Waals surface area contributed by atoms with Gasteiger partial charge in [0.15, 0.2) is 0 Å². The van der Waals surface area contributed by atoms with Gasteiger partial charge in [0.25, 0.3) is 0 Å². The summed E-state index contributed by atoms with van der Waals surface area (Å²) in [6.45, 7) is 4.14. The van der Waals surface area contributed by atoms with E-state index in [-0.39, 0.29) is 12.3 Å². The van der Waals surface area contributed by atoms with E-state index < -0.39 is 5.97 Å². The van der Waals surface area contributed by atoms with Crippen LogP contribution in [0.4, 0.5) is 0 Å². The summed E-state index contributed by atoms with van der Waals surface area (Å²) in [7, 11) is 0. The monoisotopic (exact) mass is 208 g/mol. The first-order chi connectivity index (χ1) is 7.11. The summed E-state index contributed by atoms with van der Waals surface area (Å²) >= 11 is 0. The number of aryl methyl sites for hydroxylation is 1. The lowest BCUT2D eigenvalue weighted by molar-refractivity contribution is -0.137. The Morgan fingerprint density at radius 2 is 2.40 bits per heavy atom. The highest BCUT2D eigenvalue weighted by Gasteiger charge is 2.34. The number of aliphatic carboxylic acids is 1. The molecular weight excluding hydrogens is 192 g/mol. The van der Waals surface area contributed by atoms with Crippen molar-refractivity contribution in [3.05, 3.63) is 23.2 Å². The van der Waals surface area contributed by atoms with Gasteiger partial charge in [-0.05, 0) is 17.5 Å². The predicted octanol–water partition coefficient (Wildman–Crippen LogP) is 2.59. The van der Waals surface area contributed by atoms with Crippen molar-refractivity contribution in [1.29, 1.82) is 0 Å². The number of furan rings is 1. The van der Waals surface area contributed by atoms with Crippen LogP contribution in [0.3, 0.4) is 0 Å². The molecule has 3 nitrogen and oxygen atoms in total. The summed E-state index contributed by atoms with van der Waals surface area (Å²) < 4.78 is 5.66. The van der Waals surface area contributed by atoms with Gasteiger partial charge >= 0.3 is 5.97 Å². The van der Waals surface area contributed by atoms with Crippen LogP contribution in [0.15, 0.2) is 10.5 Å². The molecular formula is C12H16O3. The smallest absolute Gasteiger partial charge is 0.303 e. The molecule has 2 unspecified atom stereocenters. The Bertz CT molecular complexity index is 378. The molecule has 0 aromatic carbocycles. The summed E-state index contributed by atoms with van der Waals surface area (Å²) in [6, 6.07) is 2.03. The van der Waals surface area contributed by atoms with Gasteiger partial charge in [-0.2, -0.15) is 0 Å². The molecule has 15 heavy (non-hydrogen) atoms. The molecule has 2 rings (SSSR count). The zero-order valence-electron chi connectivity index (χ0n) is 9.12. The van der Waals surface area contributed by atoms with E-state index in [0.29, 0.717) is 5.92 Å². The molecule has 0 aliphatic heterocycles. The van der Waals surface area contributed by atoms with Crippen LogP contribution in [0, 0.1) is 5.92 Å². The highest BCUT2D eigenvalue weighted by molar-refractivity contribution is 5.68. The number of carbonyl (C=O) groups is 1. The van der Waals surface area contributed by atoms with Crippen LogP contribution in [0.25, 0.3) is 0 Å². The van der Waals surface area contributed by atoms with Crippen molar-refractivity contribution in [3.8, 4) is 0 Å². The van der Waals surface area contributed by atoms with Crippen LogP contribution >= 0.6 is 0 Å². The van der Waals surface area contributed by atoms with Crippen LogP contribution in [-0.2, 0) is 17.6 Å². The Morgan fingerprint density at radius 1 is 1.67 bits per heavy atom. The van der Waals surface area contributed by atoms with Crippen molar-refractivity contribution in [2.75, 3.05) is 0 Å². The van der Waals surface area contributed by atoms with Crippen molar-refractivity contribution >= 4 is 5.97 Å². The van der Waals surface area contributed by atoms with Crippen molar-refractivity contribution in [3.63, 3.8) is 0 Å². The molecule has 3 heteroatoms. The number of carboxylic acids is 1. The zero-order chi connectivity index (χ0) is 11.0. The van der Waals surface area contributed by atoms with Gasteiger partial charge in [-0.15, -0.1) is 0 Å². The van der Waals surface area contributed by atoms with E-state index in [9.17, 15) is 4.79 Å². The predicted molar refractivity (Wildman–Crippen MR) is 55.9 cm³/mol. The van der Waals surface area contributed by atoms with E-state index in [1.807, 2.05) is 13.0 Å². The maximum atomic E-state index is 10.8. The van der Waals surface area contributed by atoms with Crippen LogP contribution in [0.2, 0.25) is 0 Å². The normalized spacial score (nSPS) is 24.1. The maximum Gasteiger partial charge on any atom is 0.303 e. The van der Waals surface area contributed by atoms with Gasteiger partial charge in [0.2, 0.25) is 0 Å². The van der Waals surface area contributed by atoms with E-state index in [4.69, 9.17) is 9.52 Å². The number of carboxylic acid groups (broad SMARTS) is 1. The third kappa shape index (κ3) is 1.78. The van der Waals surface area contributed by atoms with Gasteiger partial charge in [-0.3, -0.25) is 4.79 Å². The highest BCUT2D eigenvalue weighted by Crippen LogP contribution is 2.41. The first kappa shape index (κ1) is 10.3. The molecule has 1 N–H and O–H groups in total. The molecule has 2 atom stereocenters. The highest BCUT2D eigenvalue weighted by atomic mass is 16.4. The van der Waals surface area contributed by atoms with Gasteiger partial charge in [-0.25, -0.2) is 0 Å². The van der Waals surface area contributed by atoms with Gasteiger partial charge in [0, 0.05) is 18.8 Å². The maximum absolute atomic E-state index is 10.8. The van der Waals surface area contributed by atoms with Gasteiger partial charge in [0.05, 0.1) is 6.42 Å². The van der Waals surface area contributed by atoms with Crippen LogP contribution in [0.5, 0.6) is 0 Å². The Kier molecular flexibility index (Phi) is 2.55. The summed E-state index contributed by atoms with van der Waals surface area (Å²) in [5, 5.41) is 8.85. The molecule has 0 fully saturated rings. The van der Waals surface area contributed by atoms with Crippen molar-refractivity contribution in [2.24, 2.45) is 5.92 Å². The fourth-order valence-corrected chi connectivity index (χ4v) is 2.39. The first-order valence-corrected chi connectivity index (χ1v) is 5.45. The third-order valence-corrected chi connectivity index (χ3v) is 3.23. The zero-order valence-corrected chi connectivity index (χ0v) is 9.12. The Labute approximate surface area is 89.1 Å². The number of hydrogen-bond donors (Lipinski definition) is 1.